The Bertz CT molecular complexity index is 890. The number of benzene rings is 3. The third-order valence-electron chi connectivity index (χ3n) is 4.34. The first-order valence-electron chi connectivity index (χ1n) is 7.81. The molecule has 0 N–H and O–H groups in total. The van der Waals surface area contributed by atoms with Crippen LogP contribution in [0.5, 0.6) is 0 Å². The third-order valence-corrected chi connectivity index (χ3v) is 4.34. The molecule has 1 nitrogen and oxygen atoms in total. The number of fused-ring (bicyclic) bond motifs is 1. The van der Waals surface area contributed by atoms with E-state index in [2.05, 4.69) is 24.3 Å². The zero-order chi connectivity index (χ0) is 15.6. The second-order valence-electron chi connectivity index (χ2n) is 5.75. The van der Waals surface area contributed by atoms with Crippen molar-refractivity contribution in [2.45, 2.75) is 6.42 Å². The van der Waals surface area contributed by atoms with Gasteiger partial charge in [0, 0.05) is 11.1 Å². The van der Waals surface area contributed by atoms with E-state index in [9.17, 15) is 4.79 Å². The van der Waals surface area contributed by atoms with E-state index in [0.29, 0.717) is 0 Å². The van der Waals surface area contributed by atoms with Gasteiger partial charge in [-0.15, -0.1) is 0 Å². The highest BCUT2D eigenvalue weighted by Gasteiger charge is 2.27. The Hall–Kier alpha value is -2.93. The lowest BCUT2D eigenvalue weighted by atomic mass is 9.94. The molecule has 4 rings (SSSR count). The average molecular weight is 296 g/mol. The monoisotopic (exact) mass is 296 g/mol. The largest absolute Gasteiger partial charge is 0.289 e. The van der Waals surface area contributed by atoms with Gasteiger partial charge in [0.15, 0.2) is 5.78 Å². The summed E-state index contributed by atoms with van der Waals surface area (Å²) in [6, 6.07) is 28.0. The molecule has 1 aliphatic carbocycles. The normalized spacial score (nSPS) is 13.0. The molecule has 23 heavy (non-hydrogen) atoms. The van der Waals surface area contributed by atoms with Crippen LogP contribution in [0.3, 0.4) is 0 Å². The summed E-state index contributed by atoms with van der Waals surface area (Å²) in [6.45, 7) is 0. The molecule has 0 heterocycles. The van der Waals surface area contributed by atoms with E-state index >= 15 is 0 Å². The van der Waals surface area contributed by atoms with Crippen LogP contribution in [0.4, 0.5) is 0 Å². The molecule has 0 aliphatic heterocycles. The van der Waals surface area contributed by atoms with Crippen LogP contribution in [-0.4, -0.2) is 5.78 Å². The first-order chi connectivity index (χ1) is 11.3. The third kappa shape index (κ3) is 2.40. The van der Waals surface area contributed by atoms with Crippen molar-refractivity contribution in [2.75, 3.05) is 0 Å². The number of rotatable bonds is 3. The van der Waals surface area contributed by atoms with Crippen LogP contribution in [0.15, 0.2) is 84.9 Å². The van der Waals surface area contributed by atoms with Gasteiger partial charge >= 0.3 is 0 Å². The molecule has 0 amide bonds. The Balaban J connectivity index is 1.91. The summed E-state index contributed by atoms with van der Waals surface area (Å²) in [5.74, 6) is 0.106. The summed E-state index contributed by atoms with van der Waals surface area (Å²) in [4.78, 5) is 13.1. The fourth-order valence-electron chi connectivity index (χ4n) is 3.24. The molecule has 110 valence electrons. The molecule has 3 aromatic rings. The van der Waals surface area contributed by atoms with Gasteiger partial charge in [0.1, 0.15) is 0 Å². The van der Waals surface area contributed by atoms with Gasteiger partial charge in [-0.3, -0.25) is 4.79 Å². The van der Waals surface area contributed by atoms with Crippen molar-refractivity contribution >= 4 is 16.9 Å². The maximum absolute atomic E-state index is 13.1. The maximum Gasteiger partial charge on any atom is 0.193 e. The van der Waals surface area contributed by atoms with Gasteiger partial charge in [-0.1, -0.05) is 84.9 Å². The molecule has 0 saturated heterocycles. The van der Waals surface area contributed by atoms with Crippen LogP contribution in [-0.2, 0) is 6.42 Å². The number of hydrogen-bond acceptors (Lipinski definition) is 1. The van der Waals surface area contributed by atoms with Crippen molar-refractivity contribution in [3.05, 3.63) is 107 Å². The zero-order valence-electron chi connectivity index (χ0n) is 12.7. The Labute approximate surface area is 135 Å². The van der Waals surface area contributed by atoms with Gasteiger partial charge in [0.2, 0.25) is 0 Å². The number of ketones is 1. The van der Waals surface area contributed by atoms with Crippen LogP contribution < -0.4 is 0 Å². The van der Waals surface area contributed by atoms with Crippen molar-refractivity contribution in [1.82, 2.24) is 0 Å². The molecule has 0 unspecified atom stereocenters. The minimum absolute atomic E-state index is 0.106. The van der Waals surface area contributed by atoms with Gasteiger partial charge in [-0.2, -0.15) is 0 Å². The number of carbonyl (C=O) groups is 1. The van der Waals surface area contributed by atoms with Gasteiger partial charge in [-0.05, 0) is 28.7 Å². The number of carbonyl (C=O) groups excluding carboxylic acids is 1. The van der Waals surface area contributed by atoms with Crippen LogP contribution >= 0.6 is 0 Å². The lowest BCUT2D eigenvalue weighted by molar-refractivity contribution is 0.105. The highest BCUT2D eigenvalue weighted by Crippen LogP contribution is 2.39. The van der Waals surface area contributed by atoms with Crippen molar-refractivity contribution in [3.63, 3.8) is 0 Å². The quantitative estimate of drug-likeness (QED) is 0.619. The molecule has 1 heteroatoms. The highest BCUT2D eigenvalue weighted by molar-refractivity contribution is 6.36. The molecule has 1 aliphatic rings. The minimum Gasteiger partial charge on any atom is -0.289 e. The van der Waals surface area contributed by atoms with Gasteiger partial charge in [0.25, 0.3) is 0 Å². The number of allylic oxidation sites excluding steroid dienone is 2. The van der Waals surface area contributed by atoms with Crippen LogP contribution in [0.1, 0.15) is 27.0 Å². The molecule has 0 radical (unpaired) electrons. The van der Waals surface area contributed by atoms with Crippen molar-refractivity contribution in [2.24, 2.45) is 0 Å². The van der Waals surface area contributed by atoms with Crippen LogP contribution in [0.2, 0.25) is 0 Å². The van der Waals surface area contributed by atoms with E-state index in [0.717, 1.165) is 34.3 Å². The maximum atomic E-state index is 13.1. The predicted molar refractivity (Wildman–Crippen MR) is 94.2 cm³/mol. The summed E-state index contributed by atoms with van der Waals surface area (Å²) in [5.41, 5.74) is 6.14. The SMILES string of the molecule is O=C(C1=C(c2ccccc2)Cc2ccccc21)c1ccccc1. The van der Waals surface area contributed by atoms with E-state index in [1.54, 1.807) is 0 Å². The van der Waals surface area contributed by atoms with E-state index in [1.807, 2.05) is 60.7 Å². The van der Waals surface area contributed by atoms with Crippen molar-refractivity contribution in [1.29, 1.82) is 0 Å². The summed E-state index contributed by atoms with van der Waals surface area (Å²) in [7, 11) is 0. The smallest absolute Gasteiger partial charge is 0.193 e. The fourth-order valence-corrected chi connectivity index (χ4v) is 3.24. The topological polar surface area (TPSA) is 17.1 Å². The lowest BCUT2D eigenvalue weighted by Gasteiger charge is -2.08. The molecule has 0 fully saturated rings. The van der Waals surface area contributed by atoms with Gasteiger partial charge in [0.05, 0.1) is 0 Å². The summed E-state index contributed by atoms with van der Waals surface area (Å²) in [6.07, 6.45) is 0.814. The van der Waals surface area contributed by atoms with Crippen LogP contribution in [0.25, 0.3) is 11.1 Å². The summed E-state index contributed by atoms with van der Waals surface area (Å²) in [5, 5.41) is 0. The predicted octanol–water partition coefficient (Wildman–Crippen LogP) is 5.04. The van der Waals surface area contributed by atoms with E-state index < -0.39 is 0 Å². The Morgan fingerprint density at radius 3 is 2.04 bits per heavy atom. The second kappa shape index (κ2) is 5.69. The summed E-state index contributed by atoms with van der Waals surface area (Å²) >= 11 is 0. The van der Waals surface area contributed by atoms with Gasteiger partial charge in [-0.25, -0.2) is 0 Å². The van der Waals surface area contributed by atoms with Gasteiger partial charge < -0.3 is 0 Å². The van der Waals surface area contributed by atoms with Crippen molar-refractivity contribution in [3.8, 4) is 0 Å². The molecule has 0 atom stereocenters. The Kier molecular flexibility index (Phi) is 3.39. The van der Waals surface area contributed by atoms with E-state index in [4.69, 9.17) is 0 Å². The number of Topliss-reactive ketones (excluding diaryl/α,β-unsaturated/α-hetero) is 1. The highest BCUT2D eigenvalue weighted by atomic mass is 16.1. The molecule has 0 aromatic heterocycles. The first kappa shape index (κ1) is 13.7. The standard InChI is InChI=1S/C22H16O/c23-22(17-11-5-2-6-12-17)21-19-14-8-7-13-18(19)15-20(21)16-9-3-1-4-10-16/h1-14H,15H2. The molecule has 0 saturated carbocycles. The Morgan fingerprint density at radius 2 is 1.30 bits per heavy atom. The molecular weight excluding hydrogens is 280 g/mol. The minimum atomic E-state index is 0.106. The average Bonchev–Trinajstić information content (AvgIpc) is 3.02. The van der Waals surface area contributed by atoms with E-state index in [1.165, 1.54) is 5.56 Å². The zero-order valence-corrected chi connectivity index (χ0v) is 12.7. The van der Waals surface area contributed by atoms with E-state index in [-0.39, 0.29) is 5.78 Å². The number of hydrogen-bond donors (Lipinski definition) is 0. The molecular formula is C22H16O. The summed E-state index contributed by atoms with van der Waals surface area (Å²) < 4.78 is 0. The molecule has 0 bridgehead atoms. The second-order valence-corrected chi connectivity index (χ2v) is 5.75. The molecule has 3 aromatic carbocycles. The lowest BCUT2D eigenvalue weighted by Crippen LogP contribution is -2.03. The Morgan fingerprint density at radius 1 is 0.696 bits per heavy atom. The van der Waals surface area contributed by atoms with Crippen molar-refractivity contribution < 1.29 is 4.79 Å². The van der Waals surface area contributed by atoms with Crippen LogP contribution in [0, 0.1) is 0 Å². The first-order valence-corrected chi connectivity index (χ1v) is 7.81. The fraction of sp³-hybridized carbons (Fsp3) is 0.0455. The molecule has 0 spiro atoms.